The second kappa shape index (κ2) is 5.33. The third-order valence-electron chi connectivity index (χ3n) is 2.49. The Morgan fingerprint density at radius 1 is 0.947 bits per heavy atom. The molecule has 2 aromatic carbocycles. The molecule has 0 fully saturated rings. The third-order valence-corrected chi connectivity index (χ3v) is 4.30. The van der Waals surface area contributed by atoms with Crippen LogP contribution in [0.15, 0.2) is 53.4 Å². The van der Waals surface area contributed by atoms with Gasteiger partial charge < -0.3 is 0 Å². The summed E-state index contributed by atoms with van der Waals surface area (Å²) >= 11 is 5.83. The van der Waals surface area contributed by atoms with Crippen LogP contribution in [-0.2, 0) is 9.05 Å². The van der Waals surface area contributed by atoms with Gasteiger partial charge in [0, 0.05) is 21.8 Å². The summed E-state index contributed by atoms with van der Waals surface area (Å²) in [4.78, 5) is 11.9. The first kappa shape index (κ1) is 14.1. The standard InChI is InChI=1S/C13H8Cl2O3S/c14-11-8-10(6-7-12(11)19(15,17)18)13(16)9-4-2-1-3-5-9/h1-8H. The van der Waals surface area contributed by atoms with Crippen LogP contribution in [0.1, 0.15) is 15.9 Å². The van der Waals surface area contributed by atoms with Crippen molar-refractivity contribution in [1.82, 2.24) is 0 Å². The van der Waals surface area contributed by atoms with Crippen molar-refractivity contribution in [3.63, 3.8) is 0 Å². The van der Waals surface area contributed by atoms with Gasteiger partial charge in [0.05, 0.1) is 5.02 Å². The van der Waals surface area contributed by atoms with E-state index in [-0.39, 0.29) is 15.7 Å². The third kappa shape index (κ3) is 3.15. The molecule has 0 unspecified atom stereocenters. The van der Waals surface area contributed by atoms with E-state index in [1.54, 1.807) is 30.3 Å². The summed E-state index contributed by atoms with van der Waals surface area (Å²) in [6.07, 6.45) is 0. The van der Waals surface area contributed by atoms with Crippen LogP contribution in [0.3, 0.4) is 0 Å². The molecule has 0 heterocycles. The fraction of sp³-hybridized carbons (Fsp3) is 0. The van der Waals surface area contributed by atoms with Crippen LogP contribution in [0.5, 0.6) is 0 Å². The first-order chi connectivity index (χ1) is 8.89. The Bertz CT molecular complexity index is 725. The van der Waals surface area contributed by atoms with E-state index in [1.165, 1.54) is 18.2 Å². The van der Waals surface area contributed by atoms with Crippen LogP contribution in [0.4, 0.5) is 0 Å². The summed E-state index contributed by atoms with van der Waals surface area (Å²) < 4.78 is 22.4. The van der Waals surface area contributed by atoms with Gasteiger partial charge in [-0.15, -0.1) is 0 Å². The van der Waals surface area contributed by atoms with Crippen LogP contribution in [-0.4, -0.2) is 14.2 Å². The van der Waals surface area contributed by atoms with Gasteiger partial charge in [0.25, 0.3) is 9.05 Å². The number of ketones is 1. The molecule has 0 saturated carbocycles. The van der Waals surface area contributed by atoms with Crippen molar-refractivity contribution in [3.8, 4) is 0 Å². The molecule has 0 radical (unpaired) electrons. The summed E-state index contributed by atoms with van der Waals surface area (Å²) in [6, 6.07) is 12.5. The highest BCUT2D eigenvalue weighted by atomic mass is 35.7. The molecule has 0 N–H and O–H groups in total. The maximum absolute atomic E-state index is 12.1. The average Bonchev–Trinajstić information content (AvgIpc) is 2.37. The monoisotopic (exact) mass is 314 g/mol. The lowest BCUT2D eigenvalue weighted by atomic mass is 10.0. The maximum atomic E-state index is 12.1. The lowest BCUT2D eigenvalue weighted by Crippen LogP contribution is -2.02. The minimum absolute atomic E-state index is 0.0724. The van der Waals surface area contributed by atoms with Crippen molar-refractivity contribution >= 4 is 37.1 Å². The topological polar surface area (TPSA) is 51.2 Å². The molecule has 2 aromatic rings. The van der Waals surface area contributed by atoms with Gasteiger partial charge in [0.15, 0.2) is 5.78 Å². The molecule has 0 bridgehead atoms. The van der Waals surface area contributed by atoms with Gasteiger partial charge in [-0.05, 0) is 18.2 Å². The first-order valence-electron chi connectivity index (χ1n) is 5.23. The second-order valence-electron chi connectivity index (χ2n) is 3.78. The van der Waals surface area contributed by atoms with Crippen molar-refractivity contribution in [2.75, 3.05) is 0 Å². The lowest BCUT2D eigenvalue weighted by molar-refractivity contribution is 0.103. The highest BCUT2D eigenvalue weighted by Gasteiger charge is 2.17. The van der Waals surface area contributed by atoms with Gasteiger partial charge in [0.1, 0.15) is 4.90 Å². The van der Waals surface area contributed by atoms with Gasteiger partial charge in [-0.1, -0.05) is 41.9 Å². The summed E-state index contributed by atoms with van der Waals surface area (Å²) in [5.74, 6) is -0.235. The molecule has 0 aromatic heterocycles. The SMILES string of the molecule is O=C(c1ccccc1)c1ccc(S(=O)(=O)Cl)c(Cl)c1. The highest BCUT2D eigenvalue weighted by Crippen LogP contribution is 2.26. The largest absolute Gasteiger partial charge is 0.289 e. The molecule has 0 spiro atoms. The Labute approximate surface area is 120 Å². The zero-order valence-corrected chi connectivity index (χ0v) is 11.8. The Kier molecular flexibility index (Phi) is 3.94. The van der Waals surface area contributed by atoms with E-state index in [4.69, 9.17) is 22.3 Å². The Hall–Kier alpha value is -1.36. The fourth-order valence-electron chi connectivity index (χ4n) is 1.60. The van der Waals surface area contributed by atoms with Crippen LogP contribution >= 0.6 is 22.3 Å². The zero-order valence-electron chi connectivity index (χ0n) is 9.51. The van der Waals surface area contributed by atoms with E-state index in [9.17, 15) is 13.2 Å². The van der Waals surface area contributed by atoms with Crippen molar-refractivity contribution in [3.05, 3.63) is 64.7 Å². The van der Waals surface area contributed by atoms with Gasteiger partial charge in [-0.2, -0.15) is 0 Å². The van der Waals surface area contributed by atoms with Crippen LogP contribution in [0.25, 0.3) is 0 Å². The smallest absolute Gasteiger partial charge is 0.262 e. The van der Waals surface area contributed by atoms with Gasteiger partial charge >= 0.3 is 0 Å². The van der Waals surface area contributed by atoms with Crippen molar-refractivity contribution < 1.29 is 13.2 Å². The number of carbonyl (C=O) groups excluding carboxylic acids is 1. The summed E-state index contributed by atoms with van der Waals surface area (Å²) in [5.41, 5.74) is 0.806. The fourth-order valence-corrected chi connectivity index (χ4v) is 3.13. The van der Waals surface area contributed by atoms with E-state index in [0.29, 0.717) is 11.1 Å². The maximum Gasteiger partial charge on any atom is 0.262 e. The number of benzene rings is 2. The lowest BCUT2D eigenvalue weighted by Gasteiger charge is -2.04. The van der Waals surface area contributed by atoms with Gasteiger partial charge in [-0.25, -0.2) is 8.42 Å². The van der Waals surface area contributed by atoms with Crippen LogP contribution in [0.2, 0.25) is 5.02 Å². The molecule has 0 saturated heterocycles. The Morgan fingerprint density at radius 2 is 1.58 bits per heavy atom. The van der Waals surface area contributed by atoms with Crippen LogP contribution < -0.4 is 0 Å². The van der Waals surface area contributed by atoms with Gasteiger partial charge in [0.2, 0.25) is 0 Å². The molecule has 0 aliphatic heterocycles. The summed E-state index contributed by atoms with van der Waals surface area (Å²) in [5, 5.41) is -0.0724. The normalized spacial score (nSPS) is 11.3. The predicted octanol–water partition coefficient (Wildman–Crippen LogP) is 3.50. The van der Waals surface area contributed by atoms with E-state index < -0.39 is 9.05 Å². The molecule has 6 heteroatoms. The molecule has 98 valence electrons. The molecule has 0 amide bonds. The van der Waals surface area contributed by atoms with E-state index in [0.717, 1.165) is 0 Å². The number of rotatable bonds is 3. The Morgan fingerprint density at radius 3 is 2.11 bits per heavy atom. The minimum atomic E-state index is -3.91. The first-order valence-corrected chi connectivity index (χ1v) is 7.92. The summed E-state index contributed by atoms with van der Waals surface area (Å²) in [6.45, 7) is 0. The molecule has 2 rings (SSSR count). The van der Waals surface area contributed by atoms with Crippen molar-refractivity contribution in [2.24, 2.45) is 0 Å². The van der Waals surface area contributed by atoms with E-state index in [1.807, 2.05) is 0 Å². The number of carbonyl (C=O) groups is 1. The molecule has 19 heavy (non-hydrogen) atoms. The number of hydrogen-bond donors (Lipinski definition) is 0. The van der Waals surface area contributed by atoms with E-state index >= 15 is 0 Å². The Balaban J connectivity index is 2.44. The number of halogens is 2. The average molecular weight is 315 g/mol. The highest BCUT2D eigenvalue weighted by molar-refractivity contribution is 8.13. The van der Waals surface area contributed by atoms with E-state index in [2.05, 4.69) is 0 Å². The summed E-state index contributed by atoms with van der Waals surface area (Å²) in [7, 11) is 1.30. The second-order valence-corrected chi connectivity index (χ2v) is 6.72. The number of hydrogen-bond acceptors (Lipinski definition) is 3. The molecular formula is C13H8Cl2O3S. The predicted molar refractivity (Wildman–Crippen MR) is 74.4 cm³/mol. The van der Waals surface area contributed by atoms with Crippen LogP contribution in [0, 0.1) is 0 Å². The van der Waals surface area contributed by atoms with Gasteiger partial charge in [-0.3, -0.25) is 4.79 Å². The van der Waals surface area contributed by atoms with Crippen molar-refractivity contribution in [2.45, 2.75) is 4.90 Å². The molecule has 3 nitrogen and oxygen atoms in total. The quantitative estimate of drug-likeness (QED) is 0.643. The van der Waals surface area contributed by atoms with Crippen molar-refractivity contribution in [1.29, 1.82) is 0 Å². The zero-order chi connectivity index (χ0) is 14.0. The minimum Gasteiger partial charge on any atom is -0.289 e. The molecular weight excluding hydrogens is 307 g/mol. The molecule has 0 aliphatic rings. The molecule has 0 atom stereocenters. The molecule has 0 aliphatic carbocycles.